The number of aliphatic hydroxyl groups excluding tert-OH is 1. The lowest BCUT2D eigenvalue weighted by Gasteiger charge is -2.32. The van der Waals surface area contributed by atoms with Gasteiger partial charge >= 0.3 is 0 Å². The lowest BCUT2D eigenvalue weighted by Crippen LogP contribution is -2.42. The summed E-state index contributed by atoms with van der Waals surface area (Å²) in [5.74, 6) is -0.569. The third kappa shape index (κ3) is 1.90. The number of hydrogen-bond donors (Lipinski definition) is 2. The maximum atomic E-state index is 10.8. The molecule has 1 aliphatic rings. The molecule has 1 aliphatic carbocycles. The monoisotopic (exact) mass is 191 g/mol. The van der Waals surface area contributed by atoms with Gasteiger partial charge in [0.1, 0.15) is 0 Å². The van der Waals surface area contributed by atoms with Crippen LogP contribution in [0, 0.1) is 11.8 Å². The molecule has 1 saturated carbocycles. The fraction of sp³-hybridized carbons (Fsp3) is 0.875. The van der Waals surface area contributed by atoms with Gasteiger partial charge < -0.3 is 10.8 Å². The van der Waals surface area contributed by atoms with Crippen molar-refractivity contribution in [2.75, 3.05) is 0 Å². The number of carbonyl (C=O) groups is 1. The normalized spacial score (nSPS) is 42.6. The summed E-state index contributed by atoms with van der Waals surface area (Å²) in [6, 6.07) is 0. The SMILES string of the molecule is CC1CC(C(N)=O)C(O)CC1Cl. The molecule has 1 fully saturated rings. The van der Waals surface area contributed by atoms with E-state index in [4.69, 9.17) is 17.3 Å². The number of alkyl halides is 1. The molecule has 1 amide bonds. The van der Waals surface area contributed by atoms with E-state index in [1.54, 1.807) is 0 Å². The van der Waals surface area contributed by atoms with Gasteiger partial charge in [-0.25, -0.2) is 0 Å². The summed E-state index contributed by atoms with van der Waals surface area (Å²) in [7, 11) is 0. The first-order valence-corrected chi connectivity index (χ1v) is 4.57. The lowest BCUT2D eigenvalue weighted by molar-refractivity contribution is -0.127. The van der Waals surface area contributed by atoms with Crippen LogP contribution in [0.25, 0.3) is 0 Å². The molecule has 0 heterocycles. The maximum absolute atomic E-state index is 10.8. The van der Waals surface area contributed by atoms with Gasteiger partial charge in [-0.1, -0.05) is 6.92 Å². The number of primary amides is 1. The predicted octanol–water partition coefficient (Wildman–Crippen LogP) is 0.486. The molecule has 3 nitrogen and oxygen atoms in total. The molecule has 4 unspecified atom stereocenters. The van der Waals surface area contributed by atoms with Crippen LogP contribution in [0.2, 0.25) is 0 Å². The predicted molar refractivity (Wildman–Crippen MR) is 46.7 cm³/mol. The van der Waals surface area contributed by atoms with Crippen molar-refractivity contribution >= 4 is 17.5 Å². The molecule has 70 valence electrons. The number of nitrogens with two attached hydrogens (primary N) is 1. The highest BCUT2D eigenvalue weighted by molar-refractivity contribution is 6.20. The number of carbonyl (C=O) groups excluding carboxylic acids is 1. The van der Waals surface area contributed by atoms with Gasteiger partial charge in [0.15, 0.2) is 0 Å². The third-order valence-electron chi connectivity index (χ3n) is 2.54. The zero-order valence-corrected chi connectivity index (χ0v) is 7.79. The van der Waals surface area contributed by atoms with Crippen LogP contribution in [0.1, 0.15) is 19.8 Å². The Morgan fingerprint density at radius 2 is 2.17 bits per heavy atom. The second-order valence-corrected chi connectivity index (χ2v) is 4.10. The highest BCUT2D eigenvalue weighted by atomic mass is 35.5. The first-order chi connectivity index (χ1) is 5.52. The van der Waals surface area contributed by atoms with Crippen LogP contribution in [0.5, 0.6) is 0 Å². The third-order valence-corrected chi connectivity index (χ3v) is 3.15. The average molecular weight is 192 g/mol. The van der Waals surface area contributed by atoms with Crippen LogP contribution in [-0.4, -0.2) is 22.5 Å². The van der Waals surface area contributed by atoms with Crippen LogP contribution in [0.4, 0.5) is 0 Å². The van der Waals surface area contributed by atoms with E-state index in [1.807, 2.05) is 6.92 Å². The summed E-state index contributed by atoms with van der Waals surface area (Å²) in [6.45, 7) is 1.97. The molecule has 12 heavy (non-hydrogen) atoms. The second kappa shape index (κ2) is 3.62. The molecule has 0 saturated heterocycles. The molecule has 0 bridgehead atoms. The minimum absolute atomic E-state index is 0.0319. The summed E-state index contributed by atoms with van der Waals surface area (Å²) in [5, 5.41) is 9.41. The number of aliphatic hydroxyl groups is 1. The van der Waals surface area contributed by atoms with E-state index in [-0.39, 0.29) is 11.3 Å². The number of amides is 1. The van der Waals surface area contributed by atoms with Gasteiger partial charge in [-0.3, -0.25) is 4.79 Å². The molecule has 0 aliphatic heterocycles. The van der Waals surface area contributed by atoms with Gasteiger partial charge in [0.2, 0.25) is 5.91 Å². The summed E-state index contributed by atoms with van der Waals surface area (Å²) >= 11 is 5.92. The Morgan fingerprint density at radius 1 is 1.58 bits per heavy atom. The number of rotatable bonds is 1. The van der Waals surface area contributed by atoms with Crippen molar-refractivity contribution in [3.63, 3.8) is 0 Å². The quantitative estimate of drug-likeness (QED) is 0.593. The van der Waals surface area contributed by atoms with Crippen LogP contribution in [-0.2, 0) is 4.79 Å². The van der Waals surface area contributed by atoms with E-state index in [9.17, 15) is 9.90 Å². The van der Waals surface area contributed by atoms with Crippen molar-refractivity contribution in [1.29, 1.82) is 0 Å². The smallest absolute Gasteiger partial charge is 0.223 e. The van der Waals surface area contributed by atoms with E-state index >= 15 is 0 Å². The summed E-state index contributed by atoms with van der Waals surface area (Å²) in [6.07, 6.45) is 0.419. The average Bonchev–Trinajstić information content (AvgIpc) is 1.96. The van der Waals surface area contributed by atoms with Gasteiger partial charge in [-0.2, -0.15) is 0 Å². The second-order valence-electron chi connectivity index (χ2n) is 3.54. The molecule has 4 heteroatoms. The van der Waals surface area contributed by atoms with E-state index in [1.165, 1.54) is 0 Å². The molecule has 0 radical (unpaired) electrons. The van der Waals surface area contributed by atoms with Gasteiger partial charge in [0.25, 0.3) is 0 Å². The first-order valence-electron chi connectivity index (χ1n) is 4.13. The van der Waals surface area contributed by atoms with Gasteiger partial charge in [-0.15, -0.1) is 11.6 Å². The highest BCUT2D eigenvalue weighted by Gasteiger charge is 2.35. The summed E-state index contributed by atoms with van der Waals surface area (Å²) in [4.78, 5) is 10.8. The van der Waals surface area contributed by atoms with Crippen LogP contribution in [0.15, 0.2) is 0 Å². The van der Waals surface area contributed by atoms with E-state index in [0.29, 0.717) is 12.8 Å². The number of halogens is 1. The van der Waals surface area contributed by atoms with Gasteiger partial charge in [-0.05, 0) is 18.8 Å². The lowest BCUT2D eigenvalue weighted by atomic mass is 9.79. The maximum Gasteiger partial charge on any atom is 0.223 e. The summed E-state index contributed by atoms with van der Waals surface area (Å²) in [5.41, 5.74) is 5.12. The van der Waals surface area contributed by atoms with Crippen LogP contribution >= 0.6 is 11.6 Å². The standard InChI is InChI=1S/C8H14ClNO2/c1-4-2-5(8(10)12)7(11)3-6(4)9/h4-7,11H,2-3H2,1H3,(H2,10,12). The summed E-state index contributed by atoms with van der Waals surface area (Å²) < 4.78 is 0. The molecule has 1 rings (SSSR count). The fourth-order valence-corrected chi connectivity index (χ4v) is 1.92. The topological polar surface area (TPSA) is 63.3 Å². The Labute approximate surface area is 76.9 Å². The van der Waals surface area contributed by atoms with E-state index < -0.39 is 17.9 Å². The van der Waals surface area contributed by atoms with Crippen molar-refractivity contribution < 1.29 is 9.90 Å². The molecule has 0 aromatic carbocycles. The van der Waals surface area contributed by atoms with Crippen molar-refractivity contribution in [3.8, 4) is 0 Å². The largest absolute Gasteiger partial charge is 0.392 e. The zero-order valence-electron chi connectivity index (χ0n) is 7.03. The number of hydrogen-bond acceptors (Lipinski definition) is 2. The van der Waals surface area contributed by atoms with Crippen LogP contribution in [0.3, 0.4) is 0 Å². The molecule has 0 aromatic rings. The highest BCUT2D eigenvalue weighted by Crippen LogP contribution is 2.32. The zero-order chi connectivity index (χ0) is 9.30. The molecule has 0 spiro atoms. The molecular weight excluding hydrogens is 178 g/mol. The Kier molecular flexibility index (Phi) is 2.96. The Bertz CT molecular complexity index is 186. The Hall–Kier alpha value is -0.280. The van der Waals surface area contributed by atoms with Crippen molar-refractivity contribution in [3.05, 3.63) is 0 Å². The van der Waals surface area contributed by atoms with Crippen molar-refractivity contribution in [2.45, 2.75) is 31.2 Å². The molecular formula is C8H14ClNO2. The molecule has 3 N–H and O–H groups in total. The molecule has 0 aromatic heterocycles. The van der Waals surface area contributed by atoms with Crippen molar-refractivity contribution in [1.82, 2.24) is 0 Å². The first kappa shape index (κ1) is 9.81. The minimum Gasteiger partial charge on any atom is -0.392 e. The van der Waals surface area contributed by atoms with E-state index in [0.717, 1.165) is 0 Å². The Balaban J connectivity index is 2.61. The van der Waals surface area contributed by atoms with E-state index in [2.05, 4.69) is 0 Å². The molecule has 4 atom stereocenters. The minimum atomic E-state index is -0.652. The van der Waals surface area contributed by atoms with Gasteiger partial charge in [0.05, 0.1) is 12.0 Å². The Morgan fingerprint density at radius 3 is 2.67 bits per heavy atom. The fourth-order valence-electron chi connectivity index (χ4n) is 1.64. The van der Waals surface area contributed by atoms with Crippen LogP contribution < -0.4 is 5.73 Å². The van der Waals surface area contributed by atoms with Gasteiger partial charge in [0, 0.05) is 5.38 Å². The van der Waals surface area contributed by atoms with Crippen molar-refractivity contribution in [2.24, 2.45) is 17.6 Å².